The Labute approximate surface area is 193 Å². The molecule has 0 spiro atoms. The Morgan fingerprint density at radius 2 is 1.68 bits per heavy atom. The van der Waals surface area contributed by atoms with Gasteiger partial charge in [-0.25, -0.2) is 12.7 Å². The largest absolute Gasteiger partial charge is 0.506 e. The zero-order valence-electron chi connectivity index (χ0n) is 15.9. The quantitative estimate of drug-likeness (QED) is 0.535. The average molecular weight is 509 g/mol. The molecule has 1 radical (unpaired) electrons. The van der Waals surface area contributed by atoms with Gasteiger partial charge in [0.15, 0.2) is 0 Å². The molecule has 1 aliphatic rings. The summed E-state index contributed by atoms with van der Waals surface area (Å²) in [6.07, 6.45) is -4.71. The fraction of sp³-hybridized carbons (Fsp3) is 0.278. The predicted molar refractivity (Wildman–Crippen MR) is 105 cm³/mol. The van der Waals surface area contributed by atoms with Crippen LogP contribution in [0.2, 0.25) is 0 Å². The smallest absolute Gasteiger partial charge is 0.407 e. The number of hydrogen-bond donors (Lipinski definition) is 1. The number of aryl methyl sites for hydroxylation is 1. The Bertz CT molecular complexity index is 938. The van der Waals surface area contributed by atoms with Crippen LogP contribution >= 0.6 is 11.3 Å². The summed E-state index contributed by atoms with van der Waals surface area (Å²) in [7, 11) is -4.55. The van der Waals surface area contributed by atoms with Gasteiger partial charge in [0.05, 0.1) is 5.56 Å². The summed E-state index contributed by atoms with van der Waals surface area (Å²) >= 11 is 0.834. The number of anilines is 1. The summed E-state index contributed by atoms with van der Waals surface area (Å²) in [4.78, 5) is -0.504. The SMILES string of the molecule is CC.Cc1ccccc1C1=C(O)c2ccsc2N(CC(F)(F)F)S1(=O)=O.[CH3-].[Y]. The molecular weight excluding hydrogens is 488 g/mol. The van der Waals surface area contributed by atoms with Crippen LogP contribution in [0.25, 0.3) is 10.7 Å². The van der Waals surface area contributed by atoms with Crippen molar-refractivity contribution in [2.75, 3.05) is 10.8 Å². The van der Waals surface area contributed by atoms with Crippen LogP contribution in [0.1, 0.15) is 30.5 Å². The second kappa shape index (κ2) is 10.2. The van der Waals surface area contributed by atoms with Gasteiger partial charge >= 0.3 is 6.18 Å². The second-order valence-corrected chi connectivity index (χ2v) is 7.95. The Morgan fingerprint density at radius 1 is 1.11 bits per heavy atom. The maximum atomic E-state index is 12.9. The van der Waals surface area contributed by atoms with Crippen molar-refractivity contribution in [1.82, 2.24) is 0 Å². The molecule has 1 aliphatic heterocycles. The third kappa shape index (κ3) is 5.17. The van der Waals surface area contributed by atoms with E-state index < -0.39 is 33.4 Å². The van der Waals surface area contributed by atoms with Crippen LogP contribution in [0.5, 0.6) is 0 Å². The fourth-order valence-corrected chi connectivity index (χ4v) is 5.50. The van der Waals surface area contributed by atoms with Gasteiger partial charge < -0.3 is 12.5 Å². The zero-order valence-corrected chi connectivity index (χ0v) is 20.4. The number of rotatable bonds is 2. The van der Waals surface area contributed by atoms with Crippen LogP contribution in [0.4, 0.5) is 18.2 Å². The van der Waals surface area contributed by atoms with Gasteiger partial charge in [-0.3, -0.25) is 0 Å². The van der Waals surface area contributed by atoms with Crippen molar-refractivity contribution in [2.45, 2.75) is 26.9 Å². The third-order valence-corrected chi connectivity index (χ3v) is 6.47. The molecule has 1 aromatic heterocycles. The number of benzene rings is 1. The molecule has 0 saturated heterocycles. The van der Waals surface area contributed by atoms with Gasteiger partial charge in [0.2, 0.25) is 0 Å². The number of hydrogen-bond acceptors (Lipinski definition) is 4. The van der Waals surface area contributed by atoms with Gasteiger partial charge in [0.1, 0.15) is 22.2 Å². The Hall–Kier alpha value is -0.896. The van der Waals surface area contributed by atoms with Crippen molar-refractivity contribution >= 4 is 37.0 Å². The number of fused-ring (bicyclic) bond motifs is 1. The molecule has 0 unspecified atom stereocenters. The summed E-state index contributed by atoms with van der Waals surface area (Å²) < 4.78 is 64.7. The number of sulfonamides is 1. The van der Waals surface area contributed by atoms with Gasteiger partial charge in [0, 0.05) is 38.3 Å². The number of halogens is 3. The Kier molecular flexibility index (Phi) is 9.90. The van der Waals surface area contributed by atoms with Crippen molar-refractivity contribution in [2.24, 2.45) is 0 Å². The monoisotopic (exact) mass is 509 g/mol. The first-order chi connectivity index (χ1) is 12.1. The minimum atomic E-state index is -4.71. The minimum absolute atomic E-state index is 0. The first-order valence-electron chi connectivity index (χ1n) is 7.79. The summed E-state index contributed by atoms with van der Waals surface area (Å²) in [6, 6.07) is 7.74. The van der Waals surface area contributed by atoms with Crippen LogP contribution in [-0.4, -0.2) is 26.2 Å². The van der Waals surface area contributed by atoms with Crippen molar-refractivity contribution in [1.29, 1.82) is 0 Å². The molecule has 1 N–H and O–H groups in total. The summed E-state index contributed by atoms with van der Waals surface area (Å²) in [5, 5.41) is 11.7. The molecule has 0 amide bonds. The molecule has 2 aromatic rings. The van der Waals surface area contributed by atoms with Gasteiger partial charge in [-0.15, -0.1) is 11.3 Å². The van der Waals surface area contributed by atoms with E-state index >= 15 is 0 Å². The van der Waals surface area contributed by atoms with Crippen LogP contribution in [0.15, 0.2) is 35.7 Å². The molecule has 3 rings (SSSR count). The first-order valence-corrected chi connectivity index (χ1v) is 10.1. The van der Waals surface area contributed by atoms with E-state index in [0.29, 0.717) is 9.87 Å². The van der Waals surface area contributed by atoms with Gasteiger partial charge in [-0.1, -0.05) is 38.1 Å². The van der Waals surface area contributed by atoms with Crippen LogP contribution < -0.4 is 4.31 Å². The number of aliphatic hydroxyl groups excluding tert-OH is 1. The maximum absolute atomic E-state index is 12.9. The van der Waals surface area contributed by atoms with Crippen molar-refractivity contribution < 1.29 is 59.4 Å². The number of thiophene rings is 1. The standard InChI is InChI=1S/C15H12F3NO3S2.C2H6.CH3.Y/c1-9-4-2-3-5-10(9)13-12(20)11-6-7-23-14(11)19(24(13,21)22)8-15(16,17)18;1-2;;/h2-7,20H,8H2,1H3;1-2H3;1H3;/q;;-1;. The average Bonchev–Trinajstić information content (AvgIpc) is 3.04. The van der Waals surface area contributed by atoms with E-state index in [9.17, 15) is 26.7 Å². The van der Waals surface area contributed by atoms with E-state index in [0.717, 1.165) is 11.3 Å². The van der Waals surface area contributed by atoms with E-state index in [-0.39, 0.29) is 56.3 Å². The van der Waals surface area contributed by atoms with E-state index in [2.05, 4.69) is 0 Å². The van der Waals surface area contributed by atoms with E-state index in [1.165, 1.54) is 17.5 Å². The third-order valence-electron chi connectivity index (χ3n) is 3.60. The molecule has 0 bridgehead atoms. The van der Waals surface area contributed by atoms with E-state index in [1.807, 2.05) is 13.8 Å². The summed E-state index contributed by atoms with van der Waals surface area (Å²) in [5.74, 6) is -0.529. The number of alkyl halides is 3. The normalized spacial score (nSPS) is 14.9. The van der Waals surface area contributed by atoms with Crippen LogP contribution in [0, 0.1) is 14.4 Å². The molecule has 0 saturated carbocycles. The zero-order chi connectivity index (χ0) is 19.7. The minimum Gasteiger partial charge on any atom is -0.506 e. The van der Waals surface area contributed by atoms with Gasteiger partial charge in [-0.05, 0) is 23.9 Å². The van der Waals surface area contributed by atoms with Gasteiger partial charge in [0.25, 0.3) is 10.0 Å². The fourth-order valence-electron chi connectivity index (χ4n) is 2.55. The Balaban J connectivity index is 0.00000177. The van der Waals surface area contributed by atoms with Gasteiger partial charge in [-0.2, -0.15) is 13.2 Å². The molecule has 2 heterocycles. The number of nitrogens with zero attached hydrogens (tertiary/aromatic N) is 1. The summed E-state index contributed by atoms with van der Waals surface area (Å²) in [5.41, 5.74) is 0.796. The molecule has 28 heavy (non-hydrogen) atoms. The van der Waals surface area contributed by atoms with E-state index in [4.69, 9.17) is 0 Å². The van der Waals surface area contributed by atoms with Crippen molar-refractivity contribution in [3.63, 3.8) is 0 Å². The van der Waals surface area contributed by atoms with Crippen molar-refractivity contribution in [3.05, 3.63) is 59.8 Å². The predicted octanol–water partition coefficient (Wildman–Crippen LogP) is 5.63. The second-order valence-electron chi connectivity index (χ2n) is 5.26. The topological polar surface area (TPSA) is 57.6 Å². The van der Waals surface area contributed by atoms with Crippen molar-refractivity contribution in [3.8, 4) is 0 Å². The molecule has 10 heteroatoms. The molecule has 0 atom stereocenters. The van der Waals surface area contributed by atoms with Crippen LogP contribution in [0.3, 0.4) is 0 Å². The molecule has 1 aromatic carbocycles. The molecular formula is C18H21F3NO3S2Y-. The Morgan fingerprint density at radius 3 is 2.21 bits per heavy atom. The molecule has 4 nitrogen and oxygen atoms in total. The molecule has 153 valence electrons. The van der Waals surface area contributed by atoms with E-state index in [1.54, 1.807) is 25.1 Å². The summed E-state index contributed by atoms with van der Waals surface area (Å²) in [6.45, 7) is 3.98. The van der Waals surface area contributed by atoms with Crippen LogP contribution in [-0.2, 0) is 42.7 Å². The maximum Gasteiger partial charge on any atom is 0.407 e. The molecule has 0 fully saturated rings. The first kappa shape index (κ1) is 27.1. The number of aliphatic hydroxyl groups is 1. The molecule has 0 aliphatic carbocycles.